The second kappa shape index (κ2) is 5.64. The van der Waals surface area contributed by atoms with E-state index in [9.17, 15) is 9.59 Å². The molecule has 0 atom stereocenters. The molecule has 0 radical (unpaired) electrons. The van der Waals surface area contributed by atoms with E-state index < -0.39 is 11.9 Å². The van der Waals surface area contributed by atoms with E-state index in [1.54, 1.807) is 30.3 Å². The maximum atomic E-state index is 11.8. The van der Waals surface area contributed by atoms with E-state index in [0.717, 1.165) is 11.3 Å². The lowest BCUT2D eigenvalue weighted by atomic mass is 10.2. The molecule has 0 aliphatic carbocycles. The molecule has 0 saturated heterocycles. The summed E-state index contributed by atoms with van der Waals surface area (Å²) in [5, 5.41) is 9.81. The first-order valence-corrected chi connectivity index (χ1v) is 6.23. The molecule has 0 aliphatic rings. The molecular weight excluding hydrogens is 266 g/mol. The molecule has 0 unspecified atom stereocenters. The summed E-state index contributed by atoms with van der Waals surface area (Å²) in [6.07, 6.45) is 0. The number of hydrogen-bond donors (Lipinski definition) is 1. The van der Waals surface area contributed by atoms with Gasteiger partial charge in [-0.25, -0.2) is 9.86 Å². The Balaban J connectivity index is 2.09. The fourth-order valence-corrected chi connectivity index (χ4v) is 2.20. The highest BCUT2D eigenvalue weighted by Crippen LogP contribution is 2.26. The average molecular weight is 277 g/mol. The number of ether oxygens (including phenoxy) is 1. The molecule has 0 bridgehead atoms. The predicted octanol–water partition coefficient (Wildman–Crippen LogP) is 2.43. The molecule has 1 amide bonds. The third kappa shape index (κ3) is 3.18. The lowest BCUT2D eigenvalue weighted by Gasteiger charge is -2.05. The van der Waals surface area contributed by atoms with Crippen molar-refractivity contribution in [2.45, 2.75) is 0 Å². The number of carbonyl (C=O) groups is 2. The van der Waals surface area contributed by atoms with Crippen LogP contribution in [0.3, 0.4) is 0 Å². The molecular formula is C13H11NO4S. The number of hydroxylamine groups is 2. The van der Waals surface area contributed by atoms with Gasteiger partial charge in [0.05, 0.1) is 10.4 Å². The number of hydrogen-bond acceptors (Lipinski definition) is 5. The van der Waals surface area contributed by atoms with Crippen LogP contribution in [0.5, 0.6) is 5.06 Å². The van der Waals surface area contributed by atoms with Gasteiger partial charge in [-0.3, -0.25) is 10.0 Å². The number of benzene rings is 1. The van der Waals surface area contributed by atoms with Gasteiger partial charge < -0.3 is 4.74 Å². The SMILES string of the molecule is CN(O)C(=O)c1ccc(OC(=O)c2ccccc2)s1. The lowest BCUT2D eigenvalue weighted by Crippen LogP contribution is -2.21. The van der Waals surface area contributed by atoms with Crippen molar-refractivity contribution in [2.24, 2.45) is 0 Å². The Labute approximate surface area is 113 Å². The van der Waals surface area contributed by atoms with E-state index in [4.69, 9.17) is 9.94 Å². The molecule has 1 aromatic heterocycles. The number of thiophene rings is 1. The first kappa shape index (κ1) is 13.3. The molecule has 98 valence electrons. The fourth-order valence-electron chi connectivity index (χ4n) is 1.37. The van der Waals surface area contributed by atoms with Crippen molar-refractivity contribution in [3.8, 4) is 5.06 Å². The topological polar surface area (TPSA) is 66.8 Å². The minimum atomic E-state index is -0.549. The van der Waals surface area contributed by atoms with E-state index in [0.29, 0.717) is 20.6 Å². The van der Waals surface area contributed by atoms with Gasteiger partial charge >= 0.3 is 5.97 Å². The van der Waals surface area contributed by atoms with Crippen LogP contribution in [0.25, 0.3) is 0 Å². The van der Waals surface area contributed by atoms with Gasteiger partial charge in [0.25, 0.3) is 5.91 Å². The highest BCUT2D eigenvalue weighted by Gasteiger charge is 2.15. The van der Waals surface area contributed by atoms with Crippen molar-refractivity contribution in [1.82, 2.24) is 5.06 Å². The Bertz CT molecular complexity index is 592. The van der Waals surface area contributed by atoms with Crippen molar-refractivity contribution in [1.29, 1.82) is 0 Å². The van der Waals surface area contributed by atoms with Crippen LogP contribution in [0.1, 0.15) is 20.0 Å². The Morgan fingerprint density at radius 1 is 1.16 bits per heavy atom. The highest BCUT2D eigenvalue weighted by molar-refractivity contribution is 7.15. The quantitative estimate of drug-likeness (QED) is 0.531. The van der Waals surface area contributed by atoms with Crippen molar-refractivity contribution in [3.05, 3.63) is 52.9 Å². The molecule has 0 fully saturated rings. The van der Waals surface area contributed by atoms with E-state index in [2.05, 4.69) is 0 Å². The Morgan fingerprint density at radius 3 is 2.47 bits per heavy atom. The van der Waals surface area contributed by atoms with Crippen LogP contribution in [-0.2, 0) is 0 Å². The summed E-state index contributed by atoms with van der Waals surface area (Å²) in [5.74, 6) is -1.04. The molecule has 1 aromatic carbocycles. The van der Waals surface area contributed by atoms with Crippen LogP contribution in [0.4, 0.5) is 0 Å². The Morgan fingerprint density at radius 2 is 1.84 bits per heavy atom. The number of rotatable bonds is 3. The molecule has 19 heavy (non-hydrogen) atoms. The summed E-state index contributed by atoms with van der Waals surface area (Å²) in [7, 11) is 1.23. The maximum absolute atomic E-state index is 11.8. The van der Waals surface area contributed by atoms with Gasteiger partial charge in [0, 0.05) is 7.05 Å². The van der Waals surface area contributed by atoms with Crippen molar-refractivity contribution in [2.75, 3.05) is 7.05 Å². The number of amides is 1. The zero-order chi connectivity index (χ0) is 13.8. The minimum Gasteiger partial charge on any atom is -0.412 e. The minimum absolute atomic E-state index is 0.292. The van der Waals surface area contributed by atoms with E-state index >= 15 is 0 Å². The summed E-state index contributed by atoms with van der Waals surface area (Å²) < 4.78 is 5.14. The van der Waals surface area contributed by atoms with Crippen molar-refractivity contribution >= 4 is 23.2 Å². The molecule has 0 aliphatic heterocycles. The highest BCUT2D eigenvalue weighted by atomic mass is 32.1. The summed E-state index contributed by atoms with van der Waals surface area (Å²) in [4.78, 5) is 23.5. The zero-order valence-electron chi connectivity index (χ0n) is 10.1. The summed E-state index contributed by atoms with van der Waals surface area (Å²) >= 11 is 0.998. The Kier molecular flexibility index (Phi) is 3.94. The van der Waals surface area contributed by atoms with Crippen LogP contribution < -0.4 is 4.74 Å². The lowest BCUT2D eigenvalue weighted by molar-refractivity contribution is -0.0370. The fraction of sp³-hybridized carbons (Fsp3) is 0.0769. The largest absolute Gasteiger partial charge is 0.412 e. The van der Waals surface area contributed by atoms with E-state index in [-0.39, 0.29) is 0 Å². The van der Waals surface area contributed by atoms with Crippen LogP contribution in [-0.4, -0.2) is 29.2 Å². The molecule has 0 spiro atoms. The smallest absolute Gasteiger partial charge is 0.344 e. The molecule has 2 rings (SSSR count). The van der Waals surface area contributed by atoms with Gasteiger partial charge in [-0.05, 0) is 24.3 Å². The molecule has 1 heterocycles. The number of nitrogens with zero attached hydrogens (tertiary/aromatic N) is 1. The van der Waals surface area contributed by atoms with E-state index in [1.165, 1.54) is 19.2 Å². The van der Waals surface area contributed by atoms with Crippen LogP contribution in [0.2, 0.25) is 0 Å². The molecule has 2 aromatic rings. The second-order valence-electron chi connectivity index (χ2n) is 3.70. The van der Waals surface area contributed by atoms with Crippen molar-refractivity contribution in [3.63, 3.8) is 0 Å². The predicted molar refractivity (Wildman–Crippen MR) is 69.6 cm³/mol. The van der Waals surface area contributed by atoms with Crippen molar-refractivity contribution < 1.29 is 19.5 Å². The van der Waals surface area contributed by atoms with Crippen LogP contribution >= 0.6 is 11.3 Å². The Hall–Kier alpha value is -2.18. The first-order valence-electron chi connectivity index (χ1n) is 5.42. The standard InChI is InChI=1S/C13H11NO4S/c1-14(17)12(15)10-7-8-11(19-10)18-13(16)9-5-3-2-4-6-9/h2-8,17H,1H3. The zero-order valence-corrected chi connectivity index (χ0v) is 10.9. The monoisotopic (exact) mass is 277 g/mol. The number of carbonyl (C=O) groups excluding carboxylic acids is 2. The summed E-state index contributed by atoms with van der Waals surface area (Å²) in [6, 6.07) is 11.6. The molecule has 1 N–H and O–H groups in total. The third-order valence-corrected chi connectivity index (χ3v) is 3.24. The maximum Gasteiger partial charge on any atom is 0.344 e. The normalized spacial score (nSPS) is 10.0. The number of esters is 1. The van der Waals surface area contributed by atoms with Gasteiger partial charge in [0.1, 0.15) is 0 Å². The van der Waals surface area contributed by atoms with Gasteiger partial charge in [-0.2, -0.15) is 0 Å². The van der Waals surface area contributed by atoms with Gasteiger partial charge in [0.15, 0.2) is 5.06 Å². The third-order valence-electron chi connectivity index (χ3n) is 2.29. The molecule has 0 saturated carbocycles. The van der Waals surface area contributed by atoms with Crippen LogP contribution in [0.15, 0.2) is 42.5 Å². The summed E-state index contributed by atoms with van der Waals surface area (Å²) in [6.45, 7) is 0. The summed E-state index contributed by atoms with van der Waals surface area (Å²) in [5.41, 5.74) is 0.433. The van der Waals surface area contributed by atoms with E-state index in [1.807, 2.05) is 0 Å². The van der Waals surface area contributed by atoms with Gasteiger partial charge in [-0.1, -0.05) is 29.5 Å². The van der Waals surface area contributed by atoms with Gasteiger partial charge in [0.2, 0.25) is 0 Å². The first-order chi connectivity index (χ1) is 9.08. The van der Waals surface area contributed by atoms with Gasteiger partial charge in [-0.15, -0.1) is 0 Å². The molecule has 6 heteroatoms. The average Bonchev–Trinajstić information content (AvgIpc) is 2.87. The second-order valence-corrected chi connectivity index (χ2v) is 4.75. The van der Waals surface area contributed by atoms with Crippen LogP contribution in [0, 0.1) is 0 Å². The molecule has 5 nitrogen and oxygen atoms in total.